The van der Waals surface area contributed by atoms with E-state index < -0.39 is 0 Å². The second-order valence-electron chi connectivity index (χ2n) is 6.76. The molecule has 1 N–H and O–H groups in total. The van der Waals surface area contributed by atoms with E-state index in [-0.39, 0.29) is 23.0 Å². The topological polar surface area (TPSA) is 49.4 Å². The summed E-state index contributed by atoms with van der Waals surface area (Å²) in [6.45, 7) is 1.68. The van der Waals surface area contributed by atoms with Gasteiger partial charge in [0.2, 0.25) is 5.91 Å². The first-order chi connectivity index (χ1) is 14.0. The molecule has 1 fully saturated rings. The van der Waals surface area contributed by atoms with Gasteiger partial charge in [0.25, 0.3) is 5.91 Å². The molecule has 1 saturated heterocycles. The number of halogens is 1. The molecule has 0 aliphatic carbocycles. The molecular weight excluding hydrogens is 387 g/mol. The van der Waals surface area contributed by atoms with Crippen molar-refractivity contribution < 1.29 is 14.0 Å². The Morgan fingerprint density at radius 3 is 2.62 bits per heavy atom. The fourth-order valence-electron chi connectivity index (χ4n) is 3.35. The van der Waals surface area contributed by atoms with Crippen LogP contribution in [0.4, 0.5) is 15.8 Å². The molecule has 2 amide bonds. The van der Waals surface area contributed by atoms with Gasteiger partial charge in [-0.2, -0.15) is 0 Å². The lowest BCUT2D eigenvalue weighted by Gasteiger charge is -2.26. The van der Waals surface area contributed by atoms with Crippen molar-refractivity contribution in [1.82, 2.24) is 0 Å². The molecule has 1 heterocycles. The van der Waals surface area contributed by atoms with Gasteiger partial charge in [-0.1, -0.05) is 36.4 Å². The molecule has 146 valence electrons. The van der Waals surface area contributed by atoms with Gasteiger partial charge >= 0.3 is 0 Å². The van der Waals surface area contributed by atoms with Gasteiger partial charge in [0, 0.05) is 16.8 Å². The molecule has 0 unspecified atom stereocenters. The first-order valence-corrected chi connectivity index (χ1v) is 10.2. The summed E-state index contributed by atoms with van der Waals surface area (Å²) in [4.78, 5) is 26.7. The number of hydrogen-bond donors (Lipinski definition) is 1. The van der Waals surface area contributed by atoms with E-state index in [1.54, 1.807) is 36.1 Å². The first kappa shape index (κ1) is 19.2. The van der Waals surface area contributed by atoms with Crippen molar-refractivity contribution in [2.45, 2.75) is 12.3 Å². The summed E-state index contributed by atoms with van der Waals surface area (Å²) in [5.74, 6) is -0.278. The Kier molecular flexibility index (Phi) is 5.36. The predicted octanol–water partition coefficient (Wildman–Crippen LogP) is 5.17. The highest BCUT2D eigenvalue weighted by molar-refractivity contribution is 8.00. The number of carbonyl (C=O) groups is 2. The van der Waals surface area contributed by atoms with Gasteiger partial charge in [-0.05, 0) is 48.9 Å². The van der Waals surface area contributed by atoms with Crippen LogP contribution in [-0.2, 0) is 4.79 Å². The van der Waals surface area contributed by atoms with Crippen LogP contribution >= 0.6 is 11.8 Å². The fraction of sp³-hybridized carbons (Fsp3) is 0.130. The van der Waals surface area contributed by atoms with Gasteiger partial charge in [-0.3, -0.25) is 14.5 Å². The average molecular weight is 406 g/mol. The number of rotatable bonds is 4. The number of amides is 2. The minimum atomic E-state index is -0.338. The average Bonchev–Trinajstić information content (AvgIpc) is 3.12. The molecule has 3 aromatic carbocycles. The molecule has 1 aliphatic heterocycles. The standard InChI is InChI=1S/C23H19FN2O2S/c1-15-19(24)11-6-12-20(15)26-21(27)14-29-23(26)17-9-5-10-18(13-17)25-22(28)16-7-3-2-4-8-16/h2-13,23H,14H2,1H3,(H,25,28)/t23-/m1/s1. The highest BCUT2D eigenvalue weighted by atomic mass is 32.2. The second-order valence-corrected chi connectivity index (χ2v) is 7.83. The van der Waals surface area contributed by atoms with E-state index in [1.807, 2.05) is 42.5 Å². The quantitative estimate of drug-likeness (QED) is 0.651. The Morgan fingerprint density at radius 2 is 1.83 bits per heavy atom. The minimum absolute atomic E-state index is 0.0626. The molecule has 3 aromatic rings. The fourth-order valence-corrected chi connectivity index (χ4v) is 4.51. The molecule has 1 atom stereocenters. The lowest BCUT2D eigenvalue weighted by atomic mass is 10.1. The predicted molar refractivity (Wildman–Crippen MR) is 115 cm³/mol. The largest absolute Gasteiger partial charge is 0.322 e. The molecule has 0 bridgehead atoms. The summed E-state index contributed by atoms with van der Waals surface area (Å²) in [5, 5.41) is 2.62. The highest BCUT2D eigenvalue weighted by Crippen LogP contribution is 2.43. The van der Waals surface area contributed by atoms with Crippen LogP contribution in [0.15, 0.2) is 72.8 Å². The number of carbonyl (C=O) groups excluding carboxylic acids is 2. The van der Waals surface area contributed by atoms with E-state index in [2.05, 4.69) is 5.32 Å². The third kappa shape index (κ3) is 3.89. The van der Waals surface area contributed by atoms with Gasteiger partial charge in [-0.15, -0.1) is 11.8 Å². The van der Waals surface area contributed by atoms with Crippen LogP contribution in [-0.4, -0.2) is 17.6 Å². The van der Waals surface area contributed by atoms with E-state index in [1.165, 1.54) is 17.8 Å². The Balaban J connectivity index is 1.62. The maximum atomic E-state index is 14.1. The number of nitrogens with zero attached hydrogens (tertiary/aromatic N) is 1. The molecule has 29 heavy (non-hydrogen) atoms. The van der Waals surface area contributed by atoms with Crippen LogP contribution in [0.1, 0.15) is 26.9 Å². The Labute approximate surface area is 172 Å². The summed E-state index contributed by atoms with van der Waals surface area (Å²) in [6, 6.07) is 21.2. The smallest absolute Gasteiger partial charge is 0.255 e. The van der Waals surface area contributed by atoms with Crippen LogP contribution in [0, 0.1) is 12.7 Å². The van der Waals surface area contributed by atoms with Gasteiger partial charge < -0.3 is 5.32 Å². The molecule has 0 radical (unpaired) electrons. The lowest BCUT2D eigenvalue weighted by Crippen LogP contribution is -2.28. The minimum Gasteiger partial charge on any atom is -0.322 e. The van der Waals surface area contributed by atoms with Crippen LogP contribution in [0.2, 0.25) is 0 Å². The van der Waals surface area contributed by atoms with Gasteiger partial charge in [0.1, 0.15) is 11.2 Å². The molecule has 0 saturated carbocycles. The van der Waals surface area contributed by atoms with Crippen molar-refractivity contribution in [3.05, 3.63) is 95.3 Å². The zero-order valence-corrected chi connectivity index (χ0v) is 16.6. The highest BCUT2D eigenvalue weighted by Gasteiger charge is 2.35. The lowest BCUT2D eigenvalue weighted by molar-refractivity contribution is -0.115. The van der Waals surface area contributed by atoms with E-state index in [9.17, 15) is 14.0 Å². The van der Waals surface area contributed by atoms with Crippen LogP contribution in [0.5, 0.6) is 0 Å². The van der Waals surface area contributed by atoms with E-state index in [0.29, 0.717) is 28.3 Å². The van der Waals surface area contributed by atoms with E-state index in [0.717, 1.165) is 5.56 Å². The van der Waals surface area contributed by atoms with Crippen LogP contribution in [0.3, 0.4) is 0 Å². The van der Waals surface area contributed by atoms with Crippen molar-refractivity contribution in [3.8, 4) is 0 Å². The zero-order chi connectivity index (χ0) is 20.4. The normalized spacial score (nSPS) is 16.1. The van der Waals surface area contributed by atoms with E-state index >= 15 is 0 Å². The van der Waals surface area contributed by atoms with Gasteiger partial charge in [0.05, 0.1) is 11.4 Å². The number of nitrogens with one attached hydrogen (secondary N) is 1. The summed E-state index contributed by atoms with van der Waals surface area (Å²) in [7, 11) is 0. The third-order valence-corrected chi connectivity index (χ3v) is 6.04. The van der Waals surface area contributed by atoms with Gasteiger partial charge in [-0.25, -0.2) is 4.39 Å². The van der Waals surface area contributed by atoms with E-state index in [4.69, 9.17) is 0 Å². The summed E-state index contributed by atoms with van der Waals surface area (Å²) in [6.07, 6.45) is 0. The number of benzene rings is 3. The summed E-state index contributed by atoms with van der Waals surface area (Å²) < 4.78 is 14.1. The van der Waals surface area contributed by atoms with Crippen molar-refractivity contribution in [3.63, 3.8) is 0 Å². The molecule has 6 heteroatoms. The Hall–Kier alpha value is -3.12. The molecular formula is C23H19FN2O2S. The SMILES string of the molecule is Cc1c(F)cccc1N1C(=O)CS[C@@H]1c1cccc(NC(=O)c2ccccc2)c1. The molecule has 4 nitrogen and oxygen atoms in total. The molecule has 1 aliphatic rings. The van der Waals surface area contributed by atoms with Crippen molar-refractivity contribution in [2.24, 2.45) is 0 Å². The van der Waals surface area contributed by atoms with Crippen molar-refractivity contribution >= 4 is 35.0 Å². The summed E-state index contributed by atoms with van der Waals surface area (Å²) >= 11 is 1.49. The van der Waals surface area contributed by atoms with Crippen LogP contribution in [0.25, 0.3) is 0 Å². The Morgan fingerprint density at radius 1 is 1.07 bits per heavy atom. The first-order valence-electron chi connectivity index (χ1n) is 9.20. The van der Waals surface area contributed by atoms with Crippen molar-refractivity contribution in [2.75, 3.05) is 16.0 Å². The number of thioether (sulfide) groups is 1. The summed E-state index contributed by atoms with van der Waals surface area (Å²) in [5.41, 5.74) is 3.11. The number of hydrogen-bond acceptors (Lipinski definition) is 3. The molecule has 0 aromatic heterocycles. The third-order valence-electron chi connectivity index (χ3n) is 4.83. The molecule has 0 spiro atoms. The van der Waals surface area contributed by atoms with Crippen molar-refractivity contribution in [1.29, 1.82) is 0 Å². The molecule has 4 rings (SSSR count). The Bertz CT molecular complexity index is 1070. The zero-order valence-electron chi connectivity index (χ0n) is 15.8. The maximum Gasteiger partial charge on any atom is 0.255 e. The number of anilines is 2. The monoisotopic (exact) mass is 406 g/mol. The second kappa shape index (κ2) is 8.09. The van der Waals surface area contributed by atoms with Gasteiger partial charge in [0.15, 0.2) is 0 Å². The van der Waals surface area contributed by atoms with Crippen LogP contribution < -0.4 is 10.2 Å². The maximum absolute atomic E-state index is 14.1.